The van der Waals surface area contributed by atoms with Crippen LogP contribution in [-0.2, 0) is 0 Å². The normalized spacial score (nSPS) is 8.16. The Morgan fingerprint density at radius 2 is 0.600 bits per heavy atom. The van der Waals surface area contributed by atoms with Crippen molar-refractivity contribution in [1.82, 2.24) is 9.80 Å². The molecule has 0 aromatic carbocycles. The summed E-state index contributed by atoms with van der Waals surface area (Å²) in [6.45, 7) is 31.7. The van der Waals surface area contributed by atoms with Gasteiger partial charge in [-0.25, -0.2) is 0 Å². The predicted molar refractivity (Wildman–Crippen MR) is 113 cm³/mol. The molecular weight excluding hydrogens is 425 g/mol. The molecule has 0 heterocycles. The Balaban J connectivity index is -0.0000000343. The topological polar surface area (TPSA) is 6.48 Å². The molecule has 5 heteroatoms. The second-order valence-corrected chi connectivity index (χ2v) is 4.95. The van der Waals surface area contributed by atoms with Crippen LogP contribution >= 0.6 is 0 Å². The van der Waals surface area contributed by atoms with Crippen molar-refractivity contribution >= 4 is 23.9 Å². The van der Waals surface area contributed by atoms with Gasteiger partial charge in [0.1, 0.15) is 0 Å². The summed E-state index contributed by atoms with van der Waals surface area (Å²) >= 11 is 0. The molecule has 0 saturated carbocycles. The fraction of sp³-hybridized carbons (Fsp3) is 0.900. The predicted octanol–water partition coefficient (Wildman–Crippen LogP) is -0.435. The van der Waals surface area contributed by atoms with Crippen LogP contribution in [0.3, 0.4) is 0 Å². The van der Waals surface area contributed by atoms with Gasteiger partial charge in [-0.15, -0.1) is 0 Å². The average molecular weight is 473 g/mol. The molecule has 0 N–H and O–H groups in total. The first kappa shape index (κ1) is 44.8. The summed E-state index contributed by atoms with van der Waals surface area (Å²) in [6, 6.07) is 0. The molecule has 0 aliphatic heterocycles. The fourth-order valence-corrected chi connectivity index (χ4v) is 1.34. The number of rotatable bonds is 8. The largest absolute Gasteiger partial charge is 4.00 e. The van der Waals surface area contributed by atoms with E-state index < -0.39 is 0 Å². The molecule has 156 valence electrons. The summed E-state index contributed by atoms with van der Waals surface area (Å²) < 4.78 is 0. The maximum absolute atomic E-state index is 3.60. The van der Waals surface area contributed by atoms with Gasteiger partial charge in [-0.2, -0.15) is 12.8 Å². The van der Waals surface area contributed by atoms with E-state index in [0.29, 0.717) is 0 Å². The average Bonchev–Trinajstić information content (AvgIpc) is 2.59. The van der Waals surface area contributed by atoms with Crippen LogP contribution in [0.4, 0.5) is 0 Å². The van der Waals surface area contributed by atoms with Crippen molar-refractivity contribution in [3.63, 3.8) is 0 Å². The van der Waals surface area contributed by atoms with Crippen LogP contribution in [0.25, 0.3) is 0 Å². The third-order valence-corrected chi connectivity index (χ3v) is 3.39. The van der Waals surface area contributed by atoms with Crippen molar-refractivity contribution in [3.8, 4) is 0 Å². The molecule has 0 bridgehead atoms. The smallest absolute Gasteiger partial charge is 1.00 e. The van der Waals surface area contributed by atoms with Crippen LogP contribution in [0, 0.1) is 13.8 Å². The Morgan fingerprint density at radius 1 is 0.480 bits per heavy atom. The molecule has 0 atom stereocenters. The van der Waals surface area contributed by atoms with Crippen molar-refractivity contribution in [2.24, 2.45) is 0 Å². The third kappa shape index (κ3) is 59.0. The van der Waals surface area contributed by atoms with Crippen LogP contribution in [0.15, 0.2) is 0 Å². The Bertz CT molecular complexity index is 115. The van der Waals surface area contributed by atoms with Crippen LogP contribution < -0.4 is 9.41 Å². The molecule has 0 saturated heterocycles. The van der Waals surface area contributed by atoms with Crippen molar-refractivity contribution in [2.75, 3.05) is 39.3 Å². The van der Waals surface area contributed by atoms with Crippen molar-refractivity contribution in [1.29, 1.82) is 0 Å². The minimum absolute atomic E-state index is 0. The Kier molecular flexibility index (Phi) is 89.0. The quantitative estimate of drug-likeness (QED) is 0.349. The van der Waals surface area contributed by atoms with E-state index in [0.717, 1.165) is 12.8 Å². The van der Waals surface area contributed by atoms with Gasteiger partial charge in [-0.1, -0.05) is 68.2 Å². The number of halogens is 2. The molecule has 0 spiro atoms. The molecule has 25 heavy (non-hydrogen) atoms. The van der Waals surface area contributed by atoms with E-state index in [1.165, 1.54) is 52.1 Å². The van der Waals surface area contributed by atoms with Crippen LogP contribution in [0.1, 0.15) is 81.1 Å². The molecule has 0 unspecified atom stereocenters. The second kappa shape index (κ2) is 49.7. The molecular formula is C20H48F2N2Sn. The molecule has 0 aromatic rings. The molecule has 0 aliphatic rings. The monoisotopic (exact) mass is 474 g/mol. The molecule has 0 radical (unpaired) electrons. The zero-order chi connectivity index (χ0) is 18.2. The second-order valence-electron chi connectivity index (χ2n) is 4.95. The van der Waals surface area contributed by atoms with E-state index in [-0.39, 0.29) is 33.3 Å². The Morgan fingerprint density at radius 3 is 0.600 bits per heavy atom. The zero-order valence-corrected chi connectivity index (χ0v) is 21.5. The summed E-state index contributed by atoms with van der Waals surface area (Å²) in [6.07, 6.45) is 4.56. The molecule has 0 aliphatic carbocycles. The van der Waals surface area contributed by atoms with Crippen LogP contribution in [0.2, 0.25) is 0 Å². The Labute approximate surface area is 177 Å². The maximum atomic E-state index is 3.60. The first-order valence-electron chi connectivity index (χ1n) is 9.55. The summed E-state index contributed by atoms with van der Waals surface area (Å²) in [5.74, 6) is 0. The first-order chi connectivity index (χ1) is 10.5. The van der Waals surface area contributed by atoms with E-state index in [1.807, 2.05) is 0 Å². The zero-order valence-electron chi connectivity index (χ0n) is 18.6. The first-order valence-corrected chi connectivity index (χ1v) is 9.55. The summed E-state index contributed by atoms with van der Waals surface area (Å²) in [4.78, 5) is 4.75. The van der Waals surface area contributed by atoms with Gasteiger partial charge in [-0.05, 0) is 39.3 Å². The van der Waals surface area contributed by atoms with Gasteiger partial charge in [0.25, 0.3) is 0 Å². The van der Waals surface area contributed by atoms with E-state index >= 15 is 0 Å². The maximum Gasteiger partial charge on any atom is 4.00 e. The number of nitrogens with zero attached hydrogens (tertiary/aromatic N) is 2. The number of unbranched alkanes of at least 4 members (excludes halogenated alkanes) is 2. The molecule has 0 amide bonds. The van der Waals surface area contributed by atoms with Gasteiger partial charge in [0.15, 0.2) is 0 Å². The van der Waals surface area contributed by atoms with Crippen molar-refractivity contribution in [2.45, 2.75) is 81.1 Å². The minimum atomic E-state index is 0. The van der Waals surface area contributed by atoms with Gasteiger partial charge < -0.3 is 33.1 Å². The van der Waals surface area contributed by atoms with Gasteiger partial charge in [0.2, 0.25) is 0 Å². The summed E-state index contributed by atoms with van der Waals surface area (Å²) in [7, 11) is 0. The fourth-order valence-electron chi connectivity index (χ4n) is 1.34. The molecule has 0 fully saturated rings. The summed E-state index contributed by atoms with van der Waals surface area (Å²) in [5.41, 5.74) is 0. The van der Waals surface area contributed by atoms with Gasteiger partial charge >= 0.3 is 23.9 Å². The Hall–Kier alpha value is 0.579. The number of hydrogen-bond acceptors (Lipinski definition) is 2. The standard InChI is InChI=1S/2C6H15N.2C4H9.2FH.Sn/c2*1-4-7(5-2)6-3;2*1-3-4-2;;;/h2*4-6H2,1-3H3;2*1,3-4H2,2H3;2*1H;/q;;2*-1;;;+4/p-2. The van der Waals surface area contributed by atoms with Crippen LogP contribution in [-0.4, -0.2) is 73.0 Å². The van der Waals surface area contributed by atoms with Gasteiger partial charge in [0.05, 0.1) is 0 Å². The van der Waals surface area contributed by atoms with E-state index in [2.05, 4.69) is 79.0 Å². The molecule has 2 nitrogen and oxygen atoms in total. The van der Waals surface area contributed by atoms with Crippen LogP contribution in [0.5, 0.6) is 0 Å². The van der Waals surface area contributed by atoms with E-state index in [9.17, 15) is 0 Å². The molecule has 0 rings (SSSR count). The van der Waals surface area contributed by atoms with E-state index in [4.69, 9.17) is 0 Å². The molecule has 0 aromatic heterocycles. The SMILES string of the molecule is CCN(CC)CC.CCN(CC)CC.[CH2-]CCC.[CH2-]CCC.[F-].[F-].[Sn+4]. The van der Waals surface area contributed by atoms with Crippen molar-refractivity contribution in [3.05, 3.63) is 13.8 Å². The number of hydrogen-bond donors (Lipinski definition) is 0. The summed E-state index contributed by atoms with van der Waals surface area (Å²) in [5, 5.41) is 0. The van der Waals surface area contributed by atoms with Crippen molar-refractivity contribution < 1.29 is 9.41 Å². The van der Waals surface area contributed by atoms with E-state index in [1.54, 1.807) is 0 Å². The minimum Gasteiger partial charge on any atom is -1.00 e. The van der Waals surface area contributed by atoms with Gasteiger partial charge in [-0.3, -0.25) is 0 Å². The van der Waals surface area contributed by atoms with Gasteiger partial charge in [0, 0.05) is 0 Å². The third-order valence-electron chi connectivity index (χ3n) is 3.39.